The molecule has 2 atom stereocenters. The highest BCUT2D eigenvalue weighted by Crippen LogP contribution is 2.39. The van der Waals surface area contributed by atoms with Crippen molar-refractivity contribution < 1.29 is 0 Å². The molecule has 0 bridgehead atoms. The lowest BCUT2D eigenvalue weighted by Crippen LogP contribution is -2.15. The largest absolute Gasteiger partial charge is 0.383 e. The van der Waals surface area contributed by atoms with E-state index < -0.39 is 0 Å². The highest BCUT2D eigenvalue weighted by molar-refractivity contribution is 9.10. The minimum Gasteiger partial charge on any atom is -0.383 e. The van der Waals surface area contributed by atoms with E-state index in [2.05, 4.69) is 26.1 Å². The third-order valence-electron chi connectivity index (χ3n) is 4.52. The van der Waals surface area contributed by atoms with Gasteiger partial charge in [-0.1, -0.05) is 0 Å². The van der Waals surface area contributed by atoms with Crippen LogP contribution in [0.5, 0.6) is 0 Å². The topological polar surface area (TPSA) is 100 Å². The van der Waals surface area contributed by atoms with Crippen LogP contribution < -0.4 is 11.5 Å². The van der Waals surface area contributed by atoms with E-state index in [9.17, 15) is 0 Å². The number of anilines is 1. The predicted molar refractivity (Wildman–Crippen MR) is 91.9 cm³/mol. The number of fused-ring (bicyclic) bond motifs is 1. The summed E-state index contributed by atoms with van der Waals surface area (Å²) in [4.78, 5) is 4.88. The average molecular weight is 376 g/mol. The SMILES string of the molecule is Cn1cc(-c2cnn3c(N)c(Br)c([C@@H]4CC[C@H](N)C4)nc23)cn1. The minimum atomic E-state index is 0.244. The van der Waals surface area contributed by atoms with Crippen LogP contribution in [0.15, 0.2) is 23.1 Å². The summed E-state index contributed by atoms with van der Waals surface area (Å²) >= 11 is 3.60. The number of rotatable bonds is 2. The van der Waals surface area contributed by atoms with Crippen LogP contribution in [0.1, 0.15) is 30.9 Å². The third-order valence-corrected chi connectivity index (χ3v) is 5.34. The summed E-state index contributed by atoms with van der Waals surface area (Å²) in [5.74, 6) is 0.906. The molecule has 4 N–H and O–H groups in total. The fourth-order valence-electron chi connectivity index (χ4n) is 3.31. The maximum atomic E-state index is 6.28. The molecule has 1 aliphatic carbocycles. The normalized spacial score (nSPS) is 21.3. The Bertz CT molecular complexity index is 881. The van der Waals surface area contributed by atoms with Gasteiger partial charge in [0.25, 0.3) is 0 Å². The van der Waals surface area contributed by atoms with Crippen molar-refractivity contribution in [2.45, 2.75) is 31.2 Å². The Morgan fingerprint density at radius 2 is 2.09 bits per heavy atom. The molecule has 0 aliphatic heterocycles. The first-order valence-corrected chi connectivity index (χ1v) is 8.41. The highest BCUT2D eigenvalue weighted by Gasteiger charge is 2.28. The summed E-state index contributed by atoms with van der Waals surface area (Å²) in [6.07, 6.45) is 8.55. The molecule has 3 aromatic heterocycles. The lowest BCUT2D eigenvalue weighted by Gasteiger charge is -2.14. The molecule has 0 aromatic carbocycles. The van der Waals surface area contributed by atoms with Gasteiger partial charge in [0.1, 0.15) is 5.82 Å². The molecule has 4 rings (SSSR count). The van der Waals surface area contributed by atoms with Crippen LogP contribution in [-0.4, -0.2) is 30.4 Å². The summed E-state index contributed by atoms with van der Waals surface area (Å²) in [5, 5.41) is 8.61. The molecule has 3 aromatic rings. The lowest BCUT2D eigenvalue weighted by molar-refractivity contribution is 0.658. The van der Waals surface area contributed by atoms with Crippen LogP contribution in [0.2, 0.25) is 0 Å². The minimum absolute atomic E-state index is 0.244. The maximum absolute atomic E-state index is 6.28. The molecule has 3 heterocycles. The molecular formula is C15H18BrN7. The third kappa shape index (κ3) is 2.33. The number of nitrogens with zero attached hydrogens (tertiary/aromatic N) is 5. The summed E-state index contributed by atoms with van der Waals surface area (Å²) in [6, 6.07) is 0.244. The van der Waals surface area contributed by atoms with Gasteiger partial charge in [-0.2, -0.15) is 14.7 Å². The quantitative estimate of drug-likeness (QED) is 0.713. The van der Waals surface area contributed by atoms with Crippen LogP contribution in [0.25, 0.3) is 16.8 Å². The molecule has 0 amide bonds. The van der Waals surface area contributed by atoms with E-state index in [1.807, 2.05) is 19.4 Å². The molecule has 1 saturated carbocycles. The molecule has 0 radical (unpaired) electrons. The van der Waals surface area contributed by atoms with Crippen molar-refractivity contribution in [2.75, 3.05) is 5.73 Å². The Labute approximate surface area is 141 Å². The molecule has 23 heavy (non-hydrogen) atoms. The van der Waals surface area contributed by atoms with Gasteiger partial charge in [-0.3, -0.25) is 4.68 Å². The first-order chi connectivity index (χ1) is 11.0. The molecule has 1 fully saturated rings. The number of aryl methyl sites for hydroxylation is 1. The number of aromatic nitrogens is 5. The Hall–Kier alpha value is -1.93. The second kappa shape index (κ2) is 5.31. The van der Waals surface area contributed by atoms with Crippen molar-refractivity contribution >= 4 is 27.4 Å². The van der Waals surface area contributed by atoms with Crippen molar-refractivity contribution in [1.29, 1.82) is 0 Å². The summed E-state index contributed by atoms with van der Waals surface area (Å²) in [5.41, 5.74) is 16.0. The number of halogens is 1. The zero-order chi connectivity index (χ0) is 16.1. The van der Waals surface area contributed by atoms with Crippen LogP contribution in [0.4, 0.5) is 5.82 Å². The lowest BCUT2D eigenvalue weighted by atomic mass is 10.0. The van der Waals surface area contributed by atoms with Crippen LogP contribution in [0.3, 0.4) is 0 Å². The van der Waals surface area contributed by atoms with Crippen molar-refractivity contribution in [1.82, 2.24) is 24.4 Å². The maximum Gasteiger partial charge on any atom is 0.165 e. The van der Waals surface area contributed by atoms with Gasteiger partial charge in [0.2, 0.25) is 0 Å². The Morgan fingerprint density at radius 1 is 1.26 bits per heavy atom. The fraction of sp³-hybridized carbons (Fsp3) is 0.400. The van der Waals surface area contributed by atoms with Crippen LogP contribution in [0, 0.1) is 0 Å². The average Bonchev–Trinajstić information content (AvgIpc) is 3.22. The molecule has 8 heteroatoms. The molecule has 120 valence electrons. The van der Waals surface area contributed by atoms with Crippen LogP contribution in [-0.2, 0) is 7.05 Å². The van der Waals surface area contributed by atoms with Gasteiger partial charge in [-0.05, 0) is 35.2 Å². The highest BCUT2D eigenvalue weighted by atomic mass is 79.9. The van der Waals surface area contributed by atoms with Gasteiger partial charge in [-0.25, -0.2) is 4.98 Å². The zero-order valence-electron chi connectivity index (χ0n) is 12.8. The van der Waals surface area contributed by atoms with Gasteiger partial charge in [0, 0.05) is 36.3 Å². The van der Waals surface area contributed by atoms with Crippen molar-refractivity contribution in [3.8, 4) is 11.1 Å². The predicted octanol–water partition coefficient (Wildman–Crippen LogP) is 2.07. The van der Waals surface area contributed by atoms with Crippen LogP contribution >= 0.6 is 15.9 Å². The summed E-state index contributed by atoms with van der Waals surface area (Å²) in [7, 11) is 1.89. The number of nitrogen functional groups attached to an aromatic ring is 1. The van der Waals surface area contributed by atoms with Crippen molar-refractivity contribution in [3.63, 3.8) is 0 Å². The van der Waals surface area contributed by atoms with E-state index in [0.717, 1.165) is 46.2 Å². The number of hydrogen-bond donors (Lipinski definition) is 2. The van der Waals surface area contributed by atoms with Crippen molar-refractivity contribution in [2.24, 2.45) is 12.8 Å². The van der Waals surface area contributed by atoms with E-state index in [0.29, 0.717) is 11.7 Å². The standard InChI is InChI=1S/C15H18BrN7/c1-22-7-9(5-19-22)11-6-20-23-14(18)12(16)13(21-15(11)23)8-2-3-10(17)4-8/h5-8,10H,2-4,17-18H2,1H3/t8-,10+/m1/s1. The van der Waals surface area contributed by atoms with Gasteiger partial charge >= 0.3 is 0 Å². The molecule has 7 nitrogen and oxygen atoms in total. The second-order valence-electron chi connectivity index (χ2n) is 6.16. The fourth-order valence-corrected chi connectivity index (χ4v) is 3.89. The van der Waals surface area contributed by atoms with Crippen molar-refractivity contribution in [3.05, 3.63) is 28.8 Å². The Kier molecular flexibility index (Phi) is 3.38. The van der Waals surface area contributed by atoms with E-state index in [1.54, 1.807) is 15.4 Å². The zero-order valence-corrected chi connectivity index (χ0v) is 14.4. The molecular weight excluding hydrogens is 358 g/mol. The molecule has 0 saturated heterocycles. The number of hydrogen-bond acceptors (Lipinski definition) is 5. The molecule has 0 unspecified atom stereocenters. The monoisotopic (exact) mass is 375 g/mol. The second-order valence-corrected chi connectivity index (χ2v) is 6.96. The Balaban J connectivity index is 1.90. The van der Waals surface area contributed by atoms with Gasteiger partial charge < -0.3 is 11.5 Å². The smallest absolute Gasteiger partial charge is 0.165 e. The molecule has 0 spiro atoms. The molecule has 1 aliphatic rings. The first kappa shape index (κ1) is 14.6. The van der Waals surface area contributed by atoms with Gasteiger partial charge in [-0.15, -0.1) is 0 Å². The number of nitrogens with two attached hydrogens (primary N) is 2. The summed E-state index contributed by atoms with van der Waals surface area (Å²) in [6.45, 7) is 0. The van der Waals surface area contributed by atoms with E-state index in [1.165, 1.54) is 0 Å². The first-order valence-electron chi connectivity index (χ1n) is 7.61. The Morgan fingerprint density at radius 3 is 2.74 bits per heavy atom. The van der Waals surface area contributed by atoms with E-state index in [4.69, 9.17) is 16.5 Å². The van der Waals surface area contributed by atoms with Gasteiger partial charge in [0.05, 0.1) is 22.6 Å². The van der Waals surface area contributed by atoms with E-state index in [-0.39, 0.29) is 6.04 Å². The van der Waals surface area contributed by atoms with Gasteiger partial charge in [0.15, 0.2) is 5.65 Å². The summed E-state index contributed by atoms with van der Waals surface area (Å²) < 4.78 is 4.26. The van der Waals surface area contributed by atoms with E-state index >= 15 is 0 Å².